The molecule has 0 bridgehead atoms. The number of carbonyl (C=O) groups excluding carboxylic acids is 1. The molecule has 0 saturated heterocycles. The number of unbranched alkanes of at least 4 members (excludes halogenated alkanes) is 1. The third kappa shape index (κ3) is 5.52. The average molecular weight is 378 g/mol. The molecular formula is C15H22O3Te. The Balaban J connectivity index is 2.65. The van der Waals surface area contributed by atoms with Gasteiger partial charge in [0.1, 0.15) is 0 Å². The zero-order valence-electron chi connectivity index (χ0n) is 11.5. The second-order valence-electron chi connectivity index (χ2n) is 4.41. The number of benzene rings is 1. The topological polar surface area (TPSA) is 46.5 Å². The Kier molecular flexibility index (Phi) is 8.13. The fraction of sp³-hybridized carbons (Fsp3) is 0.533. The molecule has 19 heavy (non-hydrogen) atoms. The van der Waals surface area contributed by atoms with Crippen molar-refractivity contribution in [2.75, 3.05) is 7.11 Å². The van der Waals surface area contributed by atoms with Gasteiger partial charge < -0.3 is 0 Å². The summed E-state index contributed by atoms with van der Waals surface area (Å²) < 4.78 is 6.85. The van der Waals surface area contributed by atoms with Gasteiger partial charge in [0, 0.05) is 0 Å². The predicted octanol–water partition coefficient (Wildman–Crippen LogP) is 2.85. The summed E-state index contributed by atoms with van der Waals surface area (Å²) in [7, 11) is 1.39. The molecule has 0 saturated carbocycles. The van der Waals surface area contributed by atoms with Gasteiger partial charge in [0.15, 0.2) is 0 Å². The van der Waals surface area contributed by atoms with Crippen LogP contribution in [0, 0.1) is 5.92 Å². The molecule has 0 aromatic heterocycles. The van der Waals surface area contributed by atoms with Crippen molar-refractivity contribution >= 4 is 26.9 Å². The number of aliphatic hydroxyl groups is 1. The fourth-order valence-electron chi connectivity index (χ4n) is 1.78. The van der Waals surface area contributed by atoms with E-state index in [-0.39, 0.29) is 26.9 Å². The first kappa shape index (κ1) is 16.5. The molecule has 0 spiro atoms. The summed E-state index contributed by atoms with van der Waals surface area (Å²) >= 11 is -0.228. The molecule has 4 heteroatoms. The first-order valence-corrected chi connectivity index (χ1v) is 9.88. The molecule has 106 valence electrons. The summed E-state index contributed by atoms with van der Waals surface area (Å²) in [5, 5.41) is 10.4. The molecule has 2 atom stereocenters. The molecule has 0 radical (unpaired) electrons. The van der Waals surface area contributed by atoms with Crippen molar-refractivity contribution in [2.45, 2.75) is 34.8 Å². The minimum atomic E-state index is -0.750. The van der Waals surface area contributed by atoms with Gasteiger partial charge in [0.2, 0.25) is 0 Å². The zero-order valence-corrected chi connectivity index (χ0v) is 13.9. The van der Waals surface area contributed by atoms with Gasteiger partial charge in [-0.15, -0.1) is 0 Å². The van der Waals surface area contributed by atoms with E-state index in [9.17, 15) is 9.90 Å². The number of methoxy groups -OCH3 is 1. The molecule has 1 aromatic carbocycles. The van der Waals surface area contributed by atoms with Crippen LogP contribution in [0.3, 0.4) is 0 Å². The van der Waals surface area contributed by atoms with E-state index in [4.69, 9.17) is 4.74 Å². The van der Waals surface area contributed by atoms with Gasteiger partial charge in [0.25, 0.3) is 0 Å². The molecule has 1 rings (SSSR count). The summed E-state index contributed by atoms with van der Waals surface area (Å²) in [4.78, 5) is 11.8. The summed E-state index contributed by atoms with van der Waals surface area (Å²) in [6.45, 7) is 2.17. The number of rotatable bonds is 8. The molecule has 0 aliphatic rings. The monoisotopic (exact) mass is 380 g/mol. The third-order valence-corrected chi connectivity index (χ3v) is 6.31. The van der Waals surface area contributed by atoms with Crippen LogP contribution in [0.1, 0.15) is 31.4 Å². The van der Waals surface area contributed by atoms with E-state index >= 15 is 0 Å². The second-order valence-corrected chi connectivity index (χ2v) is 7.70. The first-order valence-electron chi connectivity index (χ1n) is 6.59. The molecule has 0 heterocycles. The molecule has 0 aliphatic heterocycles. The van der Waals surface area contributed by atoms with Crippen LogP contribution in [0.4, 0.5) is 0 Å². The second kappa shape index (κ2) is 9.36. The number of ether oxygens (including phenoxy) is 1. The van der Waals surface area contributed by atoms with Gasteiger partial charge in [-0.1, -0.05) is 0 Å². The van der Waals surface area contributed by atoms with Gasteiger partial charge in [-0.2, -0.15) is 0 Å². The number of hydrogen-bond donors (Lipinski definition) is 1. The van der Waals surface area contributed by atoms with Crippen LogP contribution in [-0.4, -0.2) is 39.1 Å². The fourth-order valence-corrected chi connectivity index (χ4v) is 5.29. The standard InChI is InChI=1S/C15H22O3Te/c1-3-4-10-19-11-13(15(17)18-2)14(16)12-8-6-5-7-9-12/h5-9,13-14,16H,3-4,10-11H2,1-2H3. The van der Waals surface area contributed by atoms with E-state index in [1.165, 1.54) is 24.4 Å². The van der Waals surface area contributed by atoms with Crippen molar-refractivity contribution in [2.24, 2.45) is 5.92 Å². The first-order chi connectivity index (χ1) is 9.20. The average Bonchev–Trinajstić information content (AvgIpc) is 2.47. The van der Waals surface area contributed by atoms with Crippen molar-refractivity contribution in [3.05, 3.63) is 35.9 Å². The van der Waals surface area contributed by atoms with Crippen LogP contribution in [-0.2, 0) is 9.53 Å². The van der Waals surface area contributed by atoms with Gasteiger partial charge in [-0.05, 0) is 0 Å². The summed E-state index contributed by atoms with van der Waals surface area (Å²) in [6, 6.07) is 9.36. The van der Waals surface area contributed by atoms with E-state index in [1.54, 1.807) is 0 Å². The Bertz CT molecular complexity index is 367. The molecule has 3 nitrogen and oxygen atoms in total. The number of esters is 1. The summed E-state index contributed by atoms with van der Waals surface area (Å²) in [5.41, 5.74) is 0.792. The quantitative estimate of drug-likeness (QED) is 0.430. The van der Waals surface area contributed by atoms with Crippen molar-refractivity contribution in [1.29, 1.82) is 0 Å². The van der Waals surface area contributed by atoms with E-state index < -0.39 is 12.0 Å². The Morgan fingerprint density at radius 1 is 1.37 bits per heavy atom. The molecule has 0 amide bonds. The van der Waals surface area contributed by atoms with Crippen LogP contribution in [0.2, 0.25) is 8.94 Å². The van der Waals surface area contributed by atoms with Gasteiger partial charge in [-0.3, -0.25) is 0 Å². The van der Waals surface area contributed by atoms with Gasteiger partial charge in [-0.25, -0.2) is 0 Å². The maximum atomic E-state index is 11.8. The van der Waals surface area contributed by atoms with Gasteiger partial charge in [0.05, 0.1) is 0 Å². The van der Waals surface area contributed by atoms with Crippen LogP contribution in [0.15, 0.2) is 30.3 Å². The molecule has 0 fully saturated rings. The normalized spacial score (nSPS) is 13.8. The van der Waals surface area contributed by atoms with Crippen molar-refractivity contribution in [1.82, 2.24) is 0 Å². The maximum absolute atomic E-state index is 11.8. The van der Waals surface area contributed by atoms with Crippen LogP contribution >= 0.6 is 0 Å². The Labute approximate surface area is 125 Å². The Morgan fingerprint density at radius 3 is 2.63 bits per heavy atom. The van der Waals surface area contributed by atoms with E-state index in [1.807, 2.05) is 30.3 Å². The van der Waals surface area contributed by atoms with Crippen LogP contribution in [0.25, 0.3) is 0 Å². The van der Waals surface area contributed by atoms with E-state index in [0.29, 0.717) is 0 Å². The van der Waals surface area contributed by atoms with E-state index in [0.717, 1.165) is 10.0 Å². The Hall–Kier alpha value is -0.560. The summed E-state index contributed by atoms with van der Waals surface area (Å²) in [5.74, 6) is -0.704. The number of carbonyl (C=O) groups is 1. The van der Waals surface area contributed by atoms with Crippen LogP contribution in [0.5, 0.6) is 0 Å². The summed E-state index contributed by atoms with van der Waals surface area (Å²) in [6.07, 6.45) is 1.66. The van der Waals surface area contributed by atoms with Crippen molar-refractivity contribution < 1.29 is 14.6 Å². The Morgan fingerprint density at radius 2 is 2.05 bits per heavy atom. The third-order valence-electron chi connectivity index (χ3n) is 2.97. The molecule has 0 aliphatic carbocycles. The van der Waals surface area contributed by atoms with Crippen molar-refractivity contribution in [3.63, 3.8) is 0 Å². The van der Waals surface area contributed by atoms with Gasteiger partial charge >= 0.3 is 125 Å². The number of hydrogen-bond acceptors (Lipinski definition) is 3. The molecular weight excluding hydrogens is 356 g/mol. The van der Waals surface area contributed by atoms with E-state index in [2.05, 4.69) is 6.92 Å². The molecule has 1 aromatic rings. The SMILES string of the molecule is CCCC[Te]CC(C(=O)OC)C(O)c1ccccc1. The van der Waals surface area contributed by atoms with Crippen LogP contribution < -0.4 is 0 Å². The minimum absolute atomic E-state index is 0.228. The molecule has 1 N–H and O–H groups in total. The molecule has 2 unspecified atom stereocenters. The predicted molar refractivity (Wildman–Crippen MR) is 77.2 cm³/mol. The van der Waals surface area contributed by atoms with Crippen molar-refractivity contribution in [3.8, 4) is 0 Å². The number of aliphatic hydroxyl groups excluding tert-OH is 1. The zero-order chi connectivity index (χ0) is 14.1.